The van der Waals surface area contributed by atoms with E-state index < -0.39 is 16.1 Å². The molecule has 0 spiro atoms. The maximum Gasteiger partial charge on any atom is 0.323 e. The van der Waals surface area contributed by atoms with Crippen LogP contribution in [-0.4, -0.2) is 21.5 Å². The van der Waals surface area contributed by atoms with Gasteiger partial charge in [-0.25, -0.2) is 13.2 Å². The molecule has 2 N–H and O–H groups in total. The molecule has 6 nitrogen and oxygen atoms in total. The van der Waals surface area contributed by atoms with Crippen molar-refractivity contribution in [1.82, 2.24) is 0 Å². The van der Waals surface area contributed by atoms with E-state index >= 15 is 0 Å². The van der Waals surface area contributed by atoms with Crippen molar-refractivity contribution in [3.8, 4) is 0 Å². The fourth-order valence-corrected chi connectivity index (χ4v) is 3.98. The lowest BCUT2D eigenvalue weighted by Gasteiger charge is -2.20. The van der Waals surface area contributed by atoms with Crippen LogP contribution in [0.1, 0.15) is 0 Å². The van der Waals surface area contributed by atoms with Gasteiger partial charge in [-0.1, -0.05) is 41.4 Å². The summed E-state index contributed by atoms with van der Waals surface area (Å²) in [5, 5.41) is 5.94. The number of anilines is 3. The van der Waals surface area contributed by atoms with Gasteiger partial charge in [-0.3, -0.25) is 4.31 Å². The van der Waals surface area contributed by atoms with Gasteiger partial charge in [-0.05, 0) is 54.6 Å². The Labute approximate surface area is 179 Å². The van der Waals surface area contributed by atoms with E-state index in [4.69, 9.17) is 23.2 Å². The third-order valence-electron chi connectivity index (χ3n) is 4.07. The molecule has 0 aromatic heterocycles. The van der Waals surface area contributed by atoms with Crippen LogP contribution in [0.4, 0.5) is 21.9 Å². The van der Waals surface area contributed by atoms with E-state index in [0.29, 0.717) is 22.1 Å². The Kier molecular flexibility index (Phi) is 6.32. The molecule has 0 fully saturated rings. The quantitative estimate of drug-likeness (QED) is 0.542. The number of urea groups is 1. The summed E-state index contributed by atoms with van der Waals surface area (Å²) >= 11 is 11.9. The number of carbonyl (C=O) groups is 1. The summed E-state index contributed by atoms with van der Waals surface area (Å²) in [6.07, 6.45) is 0. The van der Waals surface area contributed by atoms with Gasteiger partial charge in [-0.15, -0.1) is 0 Å². The van der Waals surface area contributed by atoms with E-state index in [1.807, 2.05) is 6.07 Å². The Bertz CT molecular complexity index is 1120. The van der Waals surface area contributed by atoms with Crippen LogP contribution in [0.5, 0.6) is 0 Å². The van der Waals surface area contributed by atoms with Gasteiger partial charge in [0.25, 0.3) is 10.0 Å². The largest absolute Gasteiger partial charge is 0.323 e. The standard InChI is InChI=1S/C20H17Cl2N3O3S/c1-25(16-9-12-18(21)19(22)13-16)29(27,28)17-10-7-15(8-11-17)24-20(26)23-14-5-3-2-4-6-14/h2-13H,1H3,(H2,23,24,26). The molecule has 0 heterocycles. The maximum absolute atomic E-state index is 12.9. The molecule has 9 heteroatoms. The Morgan fingerprint density at radius 2 is 1.41 bits per heavy atom. The first-order valence-corrected chi connectivity index (χ1v) is 10.6. The maximum atomic E-state index is 12.9. The van der Waals surface area contributed by atoms with E-state index in [-0.39, 0.29) is 9.92 Å². The molecule has 0 aliphatic heterocycles. The summed E-state index contributed by atoms with van der Waals surface area (Å²) in [5.74, 6) is 0. The predicted octanol–water partition coefficient (Wildman–Crippen LogP) is 5.46. The average Bonchev–Trinajstić information content (AvgIpc) is 2.70. The number of hydrogen-bond acceptors (Lipinski definition) is 3. The first kappa shape index (κ1) is 21.0. The fraction of sp³-hybridized carbons (Fsp3) is 0.0500. The zero-order valence-corrected chi connectivity index (χ0v) is 17.6. The molecule has 0 unspecified atom stereocenters. The summed E-state index contributed by atoms with van der Waals surface area (Å²) in [6, 6.07) is 19.0. The molecule has 29 heavy (non-hydrogen) atoms. The summed E-state index contributed by atoms with van der Waals surface area (Å²) < 4.78 is 26.8. The molecular formula is C20H17Cl2N3O3S. The summed E-state index contributed by atoms with van der Waals surface area (Å²) in [5.41, 5.74) is 1.48. The summed E-state index contributed by atoms with van der Waals surface area (Å²) in [4.78, 5) is 12.1. The molecule has 150 valence electrons. The Hall–Kier alpha value is -2.74. The number of amides is 2. The Morgan fingerprint density at radius 1 is 0.828 bits per heavy atom. The SMILES string of the molecule is CN(c1ccc(Cl)c(Cl)c1)S(=O)(=O)c1ccc(NC(=O)Nc2ccccc2)cc1. The van der Waals surface area contributed by atoms with Crippen LogP contribution in [0.3, 0.4) is 0 Å². The number of nitrogens with one attached hydrogen (secondary N) is 2. The number of para-hydroxylation sites is 1. The summed E-state index contributed by atoms with van der Waals surface area (Å²) in [7, 11) is -2.39. The molecule has 2 amide bonds. The number of carbonyl (C=O) groups excluding carboxylic acids is 1. The zero-order valence-electron chi connectivity index (χ0n) is 15.3. The normalized spacial score (nSPS) is 11.0. The highest BCUT2D eigenvalue weighted by molar-refractivity contribution is 7.92. The topological polar surface area (TPSA) is 78.5 Å². The average molecular weight is 450 g/mol. The van der Waals surface area contributed by atoms with E-state index in [9.17, 15) is 13.2 Å². The lowest BCUT2D eigenvalue weighted by Crippen LogP contribution is -2.26. The number of halogens is 2. The molecule has 3 aromatic rings. The van der Waals surface area contributed by atoms with Gasteiger partial charge in [0.1, 0.15) is 0 Å². The lowest BCUT2D eigenvalue weighted by atomic mass is 10.3. The van der Waals surface area contributed by atoms with Crippen molar-refractivity contribution in [3.05, 3.63) is 82.8 Å². The minimum absolute atomic E-state index is 0.0695. The van der Waals surface area contributed by atoms with Crippen LogP contribution in [-0.2, 0) is 10.0 Å². The number of nitrogens with zero attached hydrogens (tertiary/aromatic N) is 1. The highest BCUT2D eigenvalue weighted by Crippen LogP contribution is 2.29. The fourth-order valence-electron chi connectivity index (χ4n) is 2.50. The van der Waals surface area contributed by atoms with Crippen LogP contribution in [0.25, 0.3) is 0 Å². The van der Waals surface area contributed by atoms with Crippen molar-refractivity contribution < 1.29 is 13.2 Å². The van der Waals surface area contributed by atoms with Crippen molar-refractivity contribution in [3.63, 3.8) is 0 Å². The van der Waals surface area contributed by atoms with E-state index in [0.717, 1.165) is 4.31 Å². The van der Waals surface area contributed by atoms with Gasteiger partial charge in [-0.2, -0.15) is 0 Å². The van der Waals surface area contributed by atoms with Crippen molar-refractivity contribution in [2.24, 2.45) is 0 Å². The van der Waals surface area contributed by atoms with Crippen molar-refractivity contribution in [1.29, 1.82) is 0 Å². The third-order valence-corrected chi connectivity index (χ3v) is 6.61. The third kappa shape index (κ3) is 5.00. The van der Waals surface area contributed by atoms with E-state index in [1.54, 1.807) is 30.3 Å². The van der Waals surface area contributed by atoms with Crippen LogP contribution >= 0.6 is 23.2 Å². The van der Waals surface area contributed by atoms with Crippen LogP contribution in [0.15, 0.2) is 77.7 Å². The van der Waals surface area contributed by atoms with Crippen LogP contribution < -0.4 is 14.9 Å². The molecule has 0 aliphatic rings. The molecule has 0 saturated carbocycles. The van der Waals surface area contributed by atoms with Gasteiger partial charge < -0.3 is 10.6 Å². The molecular weight excluding hydrogens is 433 g/mol. The molecule has 0 saturated heterocycles. The molecule has 0 atom stereocenters. The van der Waals surface area contributed by atoms with Gasteiger partial charge in [0.15, 0.2) is 0 Å². The monoisotopic (exact) mass is 449 g/mol. The van der Waals surface area contributed by atoms with Gasteiger partial charge in [0, 0.05) is 18.4 Å². The smallest absolute Gasteiger partial charge is 0.308 e. The number of rotatable bonds is 5. The van der Waals surface area contributed by atoms with Crippen molar-refractivity contribution >= 4 is 56.3 Å². The van der Waals surface area contributed by atoms with Crippen LogP contribution in [0, 0.1) is 0 Å². The highest BCUT2D eigenvalue weighted by atomic mass is 35.5. The second-order valence-electron chi connectivity index (χ2n) is 6.04. The first-order valence-electron chi connectivity index (χ1n) is 8.44. The van der Waals surface area contributed by atoms with Gasteiger partial charge >= 0.3 is 6.03 Å². The minimum Gasteiger partial charge on any atom is -0.308 e. The van der Waals surface area contributed by atoms with Crippen molar-refractivity contribution in [2.45, 2.75) is 4.90 Å². The highest BCUT2D eigenvalue weighted by Gasteiger charge is 2.22. The molecule has 0 radical (unpaired) electrons. The molecule has 3 aromatic carbocycles. The molecule has 0 bridgehead atoms. The Balaban J connectivity index is 1.72. The lowest BCUT2D eigenvalue weighted by molar-refractivity contribution is 0.262. The molecule has 0 aliphatic carbocycles. The minimum atomic E-state index is -3.81. The van der Waals surface area contributed by atoms with Crippen LogP contribution in [0.2, 0.25) is 10.0 Å². The van der Waals surface area contributed by atoms with E-state index in [2.05, 4.69) is 10.6 Å². The second-order valence-corrected chi connectivity index (χ2v) is 8.82. The summed E-state index contributed by atoms with van der Waals surface area (Å²) in [6.45, 7) is 0. The van der Waals surface area contributed by atoms with E-state index in [1.165, 1.54) is 43.4 Å². The molecule has 3 rings (SSSR count). The van der Waals surface area contributed by atoms with Gasteiger partial charge in [0.05, 0.1) is 20.6 Å². The predicted molar refractivity (Wildman–Crippen MR) is 118 cm³/mol. The first-order chi connectivity index (χ1) is 13.8. The Morgan fingerprint density at radius 3 is 2.00 bits per heavy atom. The van der Waals surface area contributed by atoms with Gasteiger partial charge in [0.2, 0.25) is 0 Å². The number of sulfonamides is 1. The zero-order chi connectivity index (χ0) is 21.0. The van der Waals surface area contributed by atoms with Crippen molar-refractivity contribution in [2.75, 3.05) is 22.0 Å². The second kappa shape index (κ2) is 8.73. The number of benzene rings is 3. The number of hydrogen-bond donors (Lipinski definition) is 2.